The summed E-state index contributed by atoms with van der Waals surface area (Å²) in [6, 6.07) is 10.0. The third-order valence-electron chi connectivity index (χ3n) is 3.01. The van der Waals surface area contributed by atoms with Crippen LogP contribution in [-0.4, -0.2) is 5.78 Å². The molecule has 0 aromatic heterocycles. The number of hydrogen-bond donors (Lipinski definition) is 0. The number of hydrogen-bond acceptors (Lipinski definition) is 1. The Morgan fingerprint density at radius 3 is 2.62 bits per heavy atom. The Hall–Kier alpha value is -1.96. The summed E-state index contributed by atoms with van der Waals surface area (Å²) in [5.41, 5.74) is 4.00. The number of rotatable bonds is 0. The molecule has 0 fully saturated rings. The summed E-state index contributed by atoms with van der Waals surface area (Å²) < 4.78 is 13.1. The van der Waals surface area contributed by atoms with Gasteiger partial charge in [0, 0.05) is 11.1 Å². The molecule has 0 saturated heterocycles. The van der Waals surface area contributed by atoms with Crippen LogP contribution in [0, 0.1) is 12.7 Å². The minimum Gasteiger partial charge on any atom is -0.289 e. The van der Waals surface area contributed by atoms with Gasteiger partial charge in [0.1, 0.15) is 5.82 Å². The highest BCUT2D eigenvalue weighted by molar-refractivity contribution is 6.22. The highest BCUT2D eigenvalue weighted by Gasteiger charge is 2.27. The molecule has 0 aliphatic heterocycles. The Morgan fingerprint density at radius 2 is 1.81 bits per heavy atom. The highest BCUT2D eigenvalue weighted by Crippen LogP contribution is 2.38. The van der Waals surface area contributed by atoms with Crippen molar-refractivity contribution in [1.29, 1.82) is 0 Å². The van der Waals surface area contributed by atoms with Gasteiger partial charge in [-0.25, -0.2) is 4.39 Å². The maximum absolute atomic E-state index is 13.1. The van der Waals surface area contributed by atoms with Gasteiger partial charge in [0.15, 0.2) is 5.78 Å². The molecule has 0 N–H and O–H groups in total. The Morgan fingerprint density at radius 1 is 1.00 bits per heavy atom. The molecule has 1 aliphatic carbocycles. The van der Waals surface area contributed by atoms with Gasteiger partial charge < -0.3 is 0 Å². The van der Waals surface area contributed by atoms with Crippen LogP contribution in [0.25, 0.3) is 11.1 Å². The first-order valence-corrected chi connectivity index (χ1v) is 5.13. The van der Waals surface area contributed by atoms with Gasteiger partial charge in [-0.2, -0.15) is 0 Å². The topological polar surface area (TPSA) is 17.1 Å². The molecule has 3 rings (SSSR count). The summed E-state index contributed by atoms with van der Waals surface area (Å²) in [6.45, 7) is 1.96. The standard InChI is InChI=1S/C14H9FO/c1-8-3-2-4-11-13(8)10-6-5-9(15)7-12(10)14(11)16/h2-7H,1H3. The van der Waals surface area contributed by atoms with Crippen molar-refractivity contribution < 1.29 is 9.18 Å². The van der Waals surface area contributed by atoms with Gasteiger partial charge in [0.2, 0.25) is 0 Å². The Balaban J connectivity index is 2.41. The lowest BCUT2D eigenvalue weighted by molar-refractivity contribution is 0.104. The average Bonchev–Trinajstić information content (AvgIpc) is 2.55. The molecule has 0 amide bonds. The van der Waals surface area contributed by atoms with E-state index < -0.39 is 0 Å². The molecule has 2 aromatic rings. The fraction of sp³-hybridized carbons (Fsp3) is 0.0714. The van der Waals surface area contributed by atoms with Gasteiger partial charge in [-0.1, -0.05) is 24.3 Å². The van der Waals surface area contributed by atoms with Gasteiger partial charge in [-0.3, -0.25) is 4.79 Å². The largest absolute Gasteiger partial charge is 0.289 e. The molecule has 78 valence electrons. The lowest BCUT2D eigenvalue weighted by Gasteiger charge is -2.03. The van der Waals surface area contributed by atoms with Crippen molar-refractivity contribution in [3.8, 4) is 11.1 Å². The molecule has 1 aliphatic rings. The van der Waals surface area contributed by atoms with Crippen LogP contribution in [0.15, 0.2) is 36.4 Å². The van der Waals surface area contributed by atoms with Crippen LogP contribution >= 0.6 is 0 Å². The number of fused-ring (bicyclic) bond motifs is 3. The van der Waals surface area contributed by atoms with E-state index in [4.69, 9.17) is 0 Å². The molecule has 1 nitrogen and oxygen atoms in total. The normalized spacial score (nSPS) is 12.5. The molecule has 2 aromatic carbocycles. The second kappa shape index (κ2) is 3.01. The van der Waals surface area contributed by atoms with Crippen LogP contribution in [0.5, 0.6) is 0 Å². The quantitative estimate of drug-likeness (QED) is 0.558. The Labute approximate surface area is 92.5 Å². The van der Waals surface area contributed by atoms with Crippen molar-refractivity contribution >= 4 is 5.78 Å². The number of aryl methyl sites for hydroxylation is 1. The minimum absolute atomic E-state index is 0.0757. The molecule has 16 heavy (non-hydrogen) atoms. The molecular weight excluding hydrogens is 203 g/mol. The summed E-state index contributed by atoms with van der Waals surface area (Å²) in [5, 5.41) is 0. The van der Waals surface area contributed by atoms with E-state index in [1.54, 1.807) is 12.1 Å². The average molecular weight is 212 g/mol. The Bertz CT molecular complexity index is 614. The van der Waals surface area contributed by atoms with Crippen molar-refractivity contribution in [2.45, 2.75) is 6.92 Å². The van der Waals surface area contributed by atoms with E-state index in [0.29, 0.717) is 11.1 Å². The van der Waals surface area contributed by atoms with E-state index in [9.17, 15) is 9.18 Å². The van der Waals surface area contributed by atoms with Crippen LogP contribution in [0.3, 0.4) is 0 Å². The van der Waals surface area contributed by atoms with Crippen LogP contribution in [-0.2, 0) is 0 Å². The zero-order valence-corrected chi connectivity index (χ0v) is 8.75. The van der Waals surface area contributed by atoms with Gasteiger partial charge in [0.05, 0.1) is 0 Å². The first-order valence-electron chi connectivity index (χ1n) is 5.13. The lowest BCUT2D eigenvalue weighted by atomic mass is 10.0. The molecule has 2 heteroatoms. The second-order valence-electron chi connectivity index (χ2n) is 4.02. The molecule has 0 unspecified atom stereocenters. The third kappa shape index (κ3) is 1.07. The van der Waals surface area contributed by atoms with E-state index in [2.05, 4.69) is 0 Å². The van der Waals surface area contributed by atoms with E-state index in [0.717, 1.165) is 16.7 Å². The summed E-state index contributed by atoms with van der Waals surface area (Å²) in [6.07, 6.45) is 0. The number of halogens is 1. The number of carbonyl (C=O) groups excluding carboxylic acids is 1. The number of benzene rings is 2. The van der Waals surface area contributed by atoms with E-state index in [-0.39, 0.29) is 11.6 Å². The summed E-state index contributed by atoms with van der Waals surface area (Å²) in [4.78, 5) is 12.0. The smallest absolute Gasteiger partial charge is 0.194 e. The monoisotopic (exact) mass is 212 g/mol. The molecule has 0 heterocycles. The van der Waals surface area contributed by atoms with E-state index >= 15 is 0 Å². The molecule has 0 spiro atoms. The van der Waals surface area contributed by atoms with Gasteiger partial charge >= 0.3 is 0 Å². The van der Waals surface area contributed by atoms with Crippen LogP contribution in [0.2, 0.25) is 0 Å². The van der Waals surface area contributed by atoms with Crippen LogP contribution in [0.4, 0.5) is 4.39 Å². The molecule has 0 radical (unpaired) electrons. The number of ketones is 1. The zero-order valence-electron chi connectivity index (χ0n) is 8.75. The second-order valence-corrected chi connectivity index (χ2v) is 4.02. The van der Waals surface area contributed by atoms with Gasteiger partial charge in [-0.15, -0.1) is 0 Å². The highest BCUT2D eigenvalue weighted by atomic mass is 19.1. The lowest BCUT2D eigenvalue weighted by Crippen LogP contribution is -1.95. The summed E-state index contributed by atoms with van der Waals surface area (Å²) >= 11 is 0. The molecule has 0 saturated carbocycles. The number of carbonyl (C=O) groups is 1. The maximum atomic E-state index is 13.1. The maximum Gasteiger partial charge on any atom is 0.194 e. The Kier molecular flexibility index (Phi) is 1.75. The predicted molar refractivity (Wildman–Crippen MR) is 60.0 cm³/mol. The van der Waals surface area contributed by atoms with Crippen molar-refractivity contribution in [2.75, 3.05) is 0 Å². The molecule has 0 bridgehead atoms. The van der Waals surface area contributed by atoms with Gasteiger partial charge in [-0.05, 0) is 35.7 Å². The molecule has 0 atom stereocenters. The predicted octanol–water partition coefficient (Wildman–Crippen LogP) is 3.35. The first kappa shape index (κ1) is 9.28. The molecular formula is C14H9FO. The van der Waals surface area contributed by atoms with E-state index in [1.807, 2.05) is 19.1 Å². The van der Waals surface area contributed by atoms with Crippen molar-refractivity contribution in [3.63, 3.8) is 0 Å². The van der Waals surface area contributed by atoms with Crippen molar-refractivity contribution in [3.05, 3.63) is 58.9 Å². The van der Waals surface area contributed by atoms with Crippen molar-refractivity contribution in [1.82, 2.24) is 0 Å². The van der Waals surface area contributed by atoms with Crippen LogP contribution in [0.1, 0.15) is 21.5 Å². The van der Waals surface area contributed by atoms with Crippen LogP contribution < -0.4 is 0 Å². The van der Waals surface area contributed by atoms with E-state index in [1.165, 1.54) is 12.1 Å². The third-order valence-corrected chi connectivity index (χ3v) is 3.01. The van der Waals surface area contributed by atoms with Crippen molar-refractivity contribution in [2.24, 2.45) is 0 Å². The SMILES string of the molecule is Cc1cccc2c1-c1ccc(F)cc1C2=O. The summed E-state index contributed by atoms with van der Waals surface area (Å²) in [5.74, 6) is -0.439. The fourth-order valence-electron chi connectivity index (χ4n) is 2.28. The van der Waals surface area contributed by atoms with Gasteiger partial charge in [0.25, 0.3) is 0 Å². The zero-order chi connectivity index (χ0) is 11.3. The first-order chi connectivity index (χ1) is 7.68. The minimum atomic E-state index is -0.363. The fourth-order valence-corrected chi connectivity index (χ4v) is 2.28. The summed E-state index contributed by atoms with van der Waals surface area (Å²) in [7, 11) is 0.